The Morgan fingerprint density at radius 3 is 2.37 bits per heavy atom. The first-order chi connectivity index (χ1) is 9.29. The number of methoxy groups -OCH3 is 1. The molecule has 3 nitrogen and oxygen atoms in total. The van der Waals surface area contributed by atoms with Gasteiger partial charge in [-0.15, -0.1) is 0 Å². The average Bonchev–Trinajstić information content (AvgIpc) is 3.22. The van der Waals surface area contributed by atoms with Crippen LogP contribution in [0.4, 0.5) is 0 Å². The molecule has 1 N–H and O–H groups in total. The first-order valence-corrected chi connectivity index (χ1v) is 8.17. The zero-order chi connectivity index (χ0) is 13.6. The summed E-state index contributed by atoms with van der Waals surface area (Å²) in [5.41, 5.74) is 0.515. The van der Waals surface area contributed by atoms with Gasteiger partial charge in [-0.2, -0.15) is 0 Å². The van der Waals surface area contributed by atoms with Gasteiger partial charge in [-0.25, -0.2) is 0 Å². The number of nitrogens with zero attached hydrogens (tertiary/aromatic N) is 1. The lowest BCUT2D eigenvalue weighted by Gasteiger charge is -2.38. The molecular weight excluding hydrogens is 236 g/mol. The Labute approximate surface area is 119 Å². The highest BCUT2D eigenvalue weighted by Crippen LogP contribution is 2.38. The van der Waals surface area contributed by atoms with Crippen molar-refractivity contribution in [2.24, 2.45) is 5.41 Å². The molecule has 0 saturated heterocycles. The standard InChI is InChI=1S/C16H32N2O/c1-17-13-16(9-5-3-4-6-10-16)14-18(11-12-19-2)15-7-8-15/h15,17H,3-14H2,1-2H3. The first-order valence-electron chi connectivity index (χ1n) is 8.17. The monoisotopic (exact) mass is 268 g/mol. The second kappa shape index (κ2) is 7.61. The minimum absolute atomic E-state index is 0.515. The van der Waals surface area contributed by atoms with Crippen molar-refractivity contribution < 1.29 is 4.74 Å². The minimum atomic E-state index is 0.515. The Morgan fingerprint density at radius 2 is 1.84 bits per heavy atom. The molecule has 0 aromatic carbocycles. The van der Waals surface area contributed by atoms with Crippen LogP contribution in [-0.2, 0) is 4.74 Å². The van der Waals surface area contributed by atoms with E-state index in [9.17, 15) is 0 Å². The second-order valence-corrected chi connectivity index (χ2v) is 6.64. The smallest absolute Gasteiger partial charge is 0.0589 e. The van der Waals surface area contributed by atoms with Crippen LogP contribution in [0.5, 0.6) is 0 Å². The normalized spacial score (nSPS) is 23.5. The van der Waals surface area contributed by atoms with Gasteiger partial charge in [-0.3, -0.25) is 4.90 Å². The van der Waals surface area contributed by atoms with Crippen molar-refractivity contribution in [1.82, 2.24) is 10.2 Å². The van der Waals surface area contributed by atoms with E-state index in [2.05, 4.69) is 17.3 Å². The molecule has 0 aromatic heterocycles. The summed E-state index contributed by atoms with van der Waals surface area (Å²) < 4.78 is 5.30. The lowest BCUT2D eigenvalue weighted by atomic mass is 9.79. The molecule has 0 aromatic rings. The SMILES string of the molecule is CNCC1(CN(CCOC)C2CC2)CCCCCC1. The van der Waals surface area contributed by atoms with Crippen LogP contribution in [0.1, 0.15) is 51.4 Å². The summed E-state index contributed by atoms with van der Waals surface area (Å²) in [6.07, 6.45) is 11.3. The van der Waals surface area contributed by atoms with Crippen molar-refractivity contribution in [3.05, 3.63) is 0 Å². The maximum Gasteiger partial charge on any atom is 0.0589 e. The van der Waals surface area contributed by atoms with Gasteiger partial charge in [-0.1, -0.05) is 25.7 Å². The van der Waals surface area contributed by atoms with Crippen molar-refractivity contribution in [2.45, 2.75) is 57.4 Å². The second-order valence-electron chi connectivity index (χ2n) is 6.64. The van der Waals surface area contributed by atoms with Gasteiger partial charge >= 0.3 is 0 Å². The molecule has 0 amide bonds. The Morgan fingerprint density at radius 1 is 1.16 bits per heavy atom. The van der Waals surface area contributed by atoms with Crippen LogP contribution in [0.15, 0.2) is 0 Å². The summed E-state index contributed by atoms with van der Waals surface area (Å²) in [6.45, 7) is 4.46. The number of hydrogen-bond donors (Lipinski definition) is 1. The van der Waals surface area contributed by atoms with Crippen LogP contribution < -0.4 is 5.32 Å². The van der Waals surface area contributed by atoms with Crippen LogP contribution in [0.2, 0.25) is 0 Å². The van der Waals surface area contributed by atoms with Gasteiger partial charge in [0.2, 0.25) is 0 Å². The molecule has 2 fully saturated rings. The lowest BCUT2D eigenvalue weighted by molar-refractivity contribution is 0.0895. The van der Waals surface area contributed by atoms with E-state index in [4.69, 9.17) is 4.74 Å². The number of nitrogens with one attached hydrogen (secondary N) is 1. The molecule has 0 atom stereocenters. The summed E-state index contributed by atoms with van der Waals surface area (Å²) in [7, 11) is 3.93. The molecule has 0 radical (unpaired) electrons. The van der Waals surface area contributed by atoms with E-state index >= 15 is 0 Å². The van der Waals surface area contributed by atoms with Gasteiger partial charge in [-0.05, 0) is 38.1 Å². The van der Waals surface area contributed by atoms with Crippen molar-refractivity contribution in [2.75, 3.05) is 40.4 Å². The molecule has 0 spiro atoms. The topological polar surface area (TPSA) is 24.5 Å². The van der Waals surface area contributed by atoms with E-state index in [0.29, 0.717) is 5.41 Å². The number of ether oxygens (including phenoxy) is 1. The molecular formula is C16H32N2O. The third kappa shape index (κ3) is 4.73. The molecule has 2 aliphatic carbocycles. The fourth-order valence-electron chi connectivity index (χ4n) is 3.71. The van der Waals surface area contributed by atoms with Crippen LogP contribution in [0, 0.1) is 5.41 Å². The van der Waals surface area contributed by atoms with Crippen LogP contribution in [0.25, 0.3) is 0 Å². The first kappa shape index (κ1) is 15.3. The third-order valence-corrected chi connectivity index (χ3v) is 4.90. The maximum atomic E-state index is 5.30. The van der Waals surface area contributed by atoms with Crippen LogP contribution in [-0.4, -0.2) is 51.3 Å². The van der Waals surface area contributed by atoms with E-state index < -0.39 is 0 Å². The van der Waals surface area contributed by atoms with Crippen molar-refractivity contribution >= 4 is 0 Å². The van der Waals surface area contributed by atoms with E-state index in [0.717, 1.165) is 19.2 Å². The van der Waals surface area contributed by atoms with E-state index in [1.807, 2.05) is 7.11 Å². The zero-order valence-electron chi connectivity index (χ0n) is 12.9. The van der Waals surface area contributed by atoms with Crippen molar-refractivity contribution in [3.8, 4) is 0 Å². The predicted molar refractivity (Wildman–Crippen MR) is 80.5 cm³/mol. The van der Waals surface area contributed by atoms with E-state index in [-0.39, 0.29) is 0 Å². The summed E-state index contributed by atoms with van der Waals surface area (Å²) in [5, 5.41) is 3.47. The molecule has 112 valence electrons. The summed E-state index contributed by atoms with van der Waals surface area (Å²) in [4.78, 5) is 2.71. The molecule has 0 heterocycles. The largest absolute Gasteiger partial charge is 0.383 e. The van der Waals surface area contributed by atoms with Gasteiger partial charge in [0, 0.05) is 32.8 Å². The predicted octanol–water partition coefficient (Wildman–Crippen LogP) is 2.66. The average molecular weight is 268 g/mol. The molecule has 2 saturated carbocycles. The Hall–Kier alpha value is -0.120. The molecule has 0 aliphatic heterocycles. The number of hydrogen-bond acceptors (Lipinski definition) is 3. The molecule has 19 heavy (non-hydrogen) atoms. The van der Waals surface area contributed by atoms with E-state index in [1.165, 1.54) is 64.5 Å². The molecule has 0 bridgehead atoms. The molecule has 3 heteroatoms. The van der Waals surface area contributed by atoms with E-state index in [1.54, 1.807) is 0 Å². The van der Waals surface area contributed by atoms with Crippen molar-refractivity contribution in [3.63, 3.8) is 0 Å². The Kier molecular flexibility index (Phi) is 6.11. The van der Waals surface area contributed by atoms with Gasteiger partial charge in [0.05, 0.1) is 6.61 Å². The van der Waals surface area contributed by atoms with Gasteiger partial charge in [0.15, 0.2) is 0 Å². The lowest BCUT2D eigenvalue weighted by Crippen LogP contribution is -2.45. The highest BCUT2D eigenvalue weighted by molar-refractivity contribution is 4.92. The molecule has 2 aliphatic rings. The summed E-state index contributed by atoms with van der Waals surface area (Å²) in [5.74, 6) is 0. The highest BCUT2D eigenvalue weighted by Gasteiger charge is 2.37. The third-order valence-electron chi connectivity index (χ3n) is 4.90. The zero-order valence-corrected chi connectivity index (χ0v) is 12.9. The van der Waals surface area contributed by atoms with Gasteiger partial charge < -0.3 is 10.1 Å². The molecule has 2 rings (SSSR count). The molecule has 0 unspecified atom stereocenters. The van der Waals surface area contributed by atoms with Crippen LogP contribution in [0.3, 0.4) is 0 Å². The minimum Gasteiger partial charge on any atom is -0.383 e. The van der Waals surface area contributed by atoms with Crippen molar-refractivity contribution in [1.29, 1.82) is 0 Å². The van der Waals surface area contributed by atoms with Gasteiger partial charge in [0.1, 0.15) is 0 Å². The van der Waals surface area contributed by atoms with Crippen LogP contribution >= 0.6 is 0 Å². The quantitative estimate of drug-likeness (QED) is 0.685. The van der Waals surface area contributed by atoms with Gasteiger partial charge in [0.25, 0.3) is 0 Å². The highest BCUT2D eigenvalue weighted by atomic mass is 16.5. The number of rotatable bonds is 8. The maximum absolute atomic E-state index is 5.30. The Balaban J connectivity index is 1.95. The summed E-state index contributed by atoms with van der Waals surface area (Å²) in [6, 6.07) is 0.854. The Bertz CT molecular complexity index is 245. The fraction of sp³-hybridized carbons (Fsp3) is 1.00. The fourth-order valence-corrected chi connectivity index (χ4v) is 3.71. The summed E-state index contributed by atoms with van der Waals surface area (Å²) >= 11 is 0.